The fourth-order valence-corrected chi connectivity index (χ4v) is 2.79. The highest BCUT2D eigenvalue weighted by atomic mass is 35.5. The Kier molecular flexibility index (Phi) is 3.62. The van der Waals surface area contributed by atoms with Gasteiger partial charge in [-0.05, 0) is 29.3 Å². The van der Waals surface area contributed by atoms with Crippen molar-refractivity contribution in [3.8, 4) is 0 Å². The Bertz CT molecular complexity index is 783. The minimum absolute atomic E-state index is 0.149. The molecule has 0 saturated heterocycles. The van der Waals surface area contributed by atoms with Crippen molar-refractivity contribution in [3.05, 3.63) is 81.0 Å². The molecule has 3 rings (SSSR count). The zero-order chi connectivity index (χ0) is 14.8. The molecular weight excluding hydrogens is 288 g/mol. The zero-order valence-electron chi connectivity index (χ0n) is 11.1. The molecule has 0 spiro atoms. The normalized spacial score (nSPS) is 12.4. The standard InChI is InChI=1S/C16H13ClN2O2/c17-12-6-7-16-13(8-12)14(9-18-16)15(10-19(20)21)11-4-2-1-3-5-11/h1-9,15,18H,10H2/t15-/m1/s1. The van der Waals surface area contributed by atoms with Gasteiger partial charge in [0.15, 0.2) is 0 Å². The van der Waals surface area contributed by atoms with Gasteiger partial charge in [0.25, 0.3) is 0 Å². The summed E-state index contributed by atoms with van der Waals surface area (Å²) in [5, 5.41) is 12.6. The van der Waals surface area contributed by atoms with Crippen molar-refractivity contribution < 1.29 is 4.92 Å². The maximum Gasteiger partial charge on any atom is 0.214 e. The molecular formula is C16H13ClN2O2. The zero-order valence-corrected chi connectivity index (χ0v) is 11.9. The van der Waals surface area contributed by atoms with Crippen LogP contribution in [0.3, 0.4) is 0 Å². The molecule has 0 bridgehead atoms. The van der Waals surface area contributed by atoms with Crippen molar-refractivity contribution in [2.24, 2.45) is 0 Å². The first-order valence-electron chi connectivity index (χ1n) is 6.58. The van der Waals surface area contributed by atoms with E-state index in [9.17, 15) is 10.1 Å². The second kappa shape index (κ2) is 5.58. The van der Waals surface area contributed by atoms with Crippen LogP contribution in [0.2, 0.25) is 5.02 Å². The maximum atomic E-state index is 11.1. The predicted octanol–water partition coefficient (Wildman–Crippen LogP) is 4.23. The molecule has 5 heteroatoms. The number of nitrogens with zero attached hydrogens (tertiary/aromatic N) is 1. The van der Waals surface area contributed by atoms with E-state index in [1.165, 1.54) is 0 Å². The third kappa shape index (κ3) is 2.76. The average molecular weight is 301 g/mol. The summed E-state index contributed by atoms with van der Waals surface area (Å²) in [5.41, 5.74) is 2.75. The first-order chi connectivity index (χ1) is 10.1. The Labute approximate surface area is 126 Å². The van der Waals surface area contributed by atoms with Crippen molar-refractivity contribution in [2.75, 3.05) is 6.54 Å². The van der Waals surface area contributed by atoms with E-state index in [-0.39, 0.29) is 17.4 Å². The summed E-state index contributed by atoms with van der Waals surface area (Å²) in [6.07, 6.45) is 1.84. The molecule has 2 aromatic carbocycles. The first-order valence-corrected chi connectivity index (χ1v) is 6.96. The third-order valence-corrected chi connectivity index (χ3v) is 3.82. The fraction of sp³-hybridized carbons (Fsp3) is 0.125. The van der Waals surface area contributed by atoms with Crippen LogP contribution in [-0.4, -0.2) is 16.5 Å². The third-order valence-electron chi connectivity index (χ3n) is 3.58. The molecule has 3 aromatic rings. The molecule has 0 amide bonds. The van der Waals surface area contributed by atoms with E-state index in [2.05, 4.69) is 4.98 Å². The molecule has 0 aliphatic carbocycles. The molecule has 0 fully saturated rings. The lowest BCUT2D eigenvalue weighted by Crippen LogP contribution is -2.13. The lowest BCUT2D eigenvalue weighted by atomic mass is 9.91. The molecule has 4 nitrogen and oxygen atoms in total. The van der Waals surface area contributed by atoms with E-state index < -0.39 is 0 Å². The van der Waals surface area contributed by atoms with E-state index in [1.54, 1.807) is 6.07 Å². The van der Waals surface area contributed by atoms with Crippen LogP contribution in [-0.2, 0) is 0 Å². The van der Waals surface area contributed by atoms with Gasteiger partial charge in [-0.25, -0.2) is 0 Å². The van der Waals surface area contributed by atoms with E-state index in [1.807, 2.05) is 48.7 Å². The minimum atomic E-state index is -0.298. The van der Waals surface area contributed by atoms with Gasteiger partial charge in [0.05, 0.1) is 5.92 Å². The van der Waals surface area contributed by atoms with Crippen molar-refractivity contribution in [3.63, 3.8) is 0 Å². The summed E-state index contributed by atoms with van der Waals surface area (Å²) in [6, 6.07) is 15.0. The van der Waals surface area contributed by atoms with Gasteiger partial charge in [-0.2, -0.15) is 0 Å². The van der Waals surface area contributed by atoms with Crippen molar-refractivity contribution in [2.45, 2.75) is 5.92 Å². The van der Waals surface area contributed by atoms with Gasteiger partial charge in [-0.3, -0.25) is 10.1 Å². The number of aromatic amines is 1. The van der Waals surface area contributed by atoms with Crippen LogP contribution in [0.15, 0.2) is 54.7 Å². The first kappa shape index (κ1) is 13.6. The SMILES string of the molecule is O=[N+]([O-])C[C@H](c1ccccc1)c1c[nH]c2ccc(Cl)cc12. The van der Waals surface area contributed by atoms with Gasteiger partial charge < -0.3 is 4.98 Å². The number of aromatic nitrogens is 1. The molecule has 1 heterocycles. The number of benzene rings is 2. The number of fused-ring (bicyclic) bond motifs is 1. The predicted molar refractivity (Wildman–Crippen MR) is 83.5 cm³/mol. The quantitative estimate of drug-likeness (QED) is 0.579. The van der Waals surface area contributed by atoms with Crippen molar-refractivity contribution >= 4 is 22.5 Å². The van der Waals surface area contributed by atoms with Crippen LogP contribution in [0.1, 0.15) is 17.0 Å². The van der Waals surface area contributed by atoms with Crippen molar-refractivity contribution in [1.29, 1.82) is 0 Å². The molecule has 0 saturated carbocycles. The fourth-order valence-electron chi connectivity index (χ4n) is 2.62. The molecule has 0 radical (unpaired) electrons. The number of hydrogen-bond acceptors (Lipinski definition) is 2. The minimum Gasteiger partial charge on any atom is -0.361 e. The number of nitrogens with one attached hydrogen (secondary N) is 1. The van der Waals surface area contributed by atoms with Gasteiger partial charge in [0.2, 0.25) is 6.54 Å². The van der Waals surface area contributed by atoms with Gasteiger partial charge in [0.1, 0.15) is 0 Å². The van der Waals surface area contributed by atoms with E-state index in [0.29, 0.717) is 5.02 Å². The van der Waals surface area contributed by atoms with Gasteiger partial charge in [-0.15, -0.1) is 0 Å². The van der Waals surface area contributed by atoms with Crippen LogP contribution in [0.5, 0.6) is 0 Å². The summed E-state index contributed by atoms with van der Waals surface area (Å²) in [6.45, 7) is -0.149. The second-order valence-corrected chi connectivity index (χ2v) is 5.35. The highest BCUT2D eigenvalue weighted by molar-refractivity contribution is 6.31. The Hall–Kier alpha value is -2.33. The molecule has 0 aliphatic heterocycles. The van der Waals surface area contributed by atoms with Gasteiger partial charge in [0, 0.05) is 27.0 Å². The lowest BCUT2D eigenvalue weighted by Gasteiger charge is -2.12. The molecule has 1 atom stereocenters. The molecule has 0 aliphatic rings. The summed E-state index contributed by atoms with van der Waals surface area (Å²) < 4.78 is 0. The number of halogens is 1. The Morgan fingerprint density at radius 2 is 1.95 bits per heavy atom. The Morgan fingerprint density at radius 3 is 2.67 bits per heavy atom. The maximum absolute atomic E-state index is 11.1. The smallest absolute Gasteiger partial charge is 0.214 e. The summed E-state index contributed by atoms with van der Waals surface area (Å²) in [7, 11) is 0. The number of H-pyrrole nitrogens is 1. The van der Waals surface area contributed by atoms with Crippen molar-refractivity contribution in [1.82, 2.24) is 4.98 Å². The average Bonchev–Trinajstić information content (AvgIpc) is 2.88. The van der Waals surface area contributed by atoms with E-state index >= 15 is 0 Å². The lowest BCUT2D eigenvalue weighted by molar-refractivity contribution is -0.481. The van der Waals surface area contributed by atoms with Crippen LogP contribution >= 0.6 is 11.6 Å². The molecule has 0 unspecified atom stereocenters. The van der Waals surface area contributed by atoms with Gasteiger partial charge in [-0.1, -0.05) is 41.9 Å². The summed E-state index contributed by atoms with van der Waals surface area (Å²) in [5.74, 6) is -0.298. The van der Waals surface area contributed by atoms with Gasteiger partial charge >= 0.3 is 0 Å². The van der Waals surface area contributed by atoms with E-state index in [0.717, 1.165) is 22.0 Å². The monoisotopic (exact) mass is 300 g/mol. The molecule has 21 heavy (non-hydrogen) atoms. The summed E-state index contributed by atoms with van der Waals surface area (Å²) >= 11 is 6.06. The topological polar surface area (TPSA) is 58.9 Å². The summed E-state index contributed by atoms with van der Waals surface area (Å²) in [4.78, 5) is 13.9. The molecule has 1 N–H and O–H groups in total. The van der Waals surface area contributed by atoms with E-state index in [4.69, 9.17) is 11.6 Å². The molecule has 1 aromatic heterocycles. The number of hydrogen-bond donors (Lipinski definition) is 1. The highest BCUT2D eigenvalue weighted by Gasteiger charge is 2.23. The largest absolute Gasteiger partial charge is 0.361 e. The Balaban J connectivity index is 2.14. The number of nitro groups is 1. The van der Waals surface area contributed by atoms with Crippen LogP contribution < -0.4 is 0 Å². The van der Waals surface area contributed by atoms with Crippen LogP contribution in [0.25, 0.3) is 10.9 Å². The van der Waals surface area contributed by atoms with Crippen LogP contribution in [0.4, 0.5) is 0 Å². The molecule has 106 valence electrons. The number of rotatable bonds is 4. The second-order valence-electron chi connectivity index (χ2n) is 4.91. The highest BCUT2D eigenvalue weighted by Crippen LogP contribution is 2.32. The van der Waals surface area contributed by atoms with Crippen LogP contribution in [0, 0.1) is 10.1 Å². The Morgan fingerprint density at radius 1 is 1.19 bits per heavy atom.